The number of hydrogen-bond acceptors (Lipinski definition) is 8. The summed E-state index contributed by atoms with van der Waals surface area (Å²) < 4.78 is 45.8. The Balaban J connectivity index is 2.32. The molecule has 5 atom stereocenters. The van der Waals surface area contributed by atoms with Gasteiger partial charge < -0.3 is 23.4 Å². The number of H-pyrrole nitrogens is 1. The highest BCUT2D eigenvalue weighted by atomic mass is 31.2. The molecule has 23 heavy (non-hydrogen) atoms. The highest BCUT2D eigenvalue weighted by Crippen LogP contribution is 2.45. The third-order valence-electron chi connectivity index (χ3n) is 3.20. The van der Waals surface area contributed by atoms with Crippen LogP contribution in [0.2, 0.25) is 0 Å². The molecule has 2 heterocycles. The van der Waals surface area contributed by atoms with E-state index in [0.717, 1.165) is 23.9 Å². The van der Waals surface area contributed by atoms with E-state index in [2.05, 4.69) is 9.05 Å². The number of nitrogens with zero attached hydrogens (tertiary/aromatic N) is 1. The van der Waals surface area contributed by atoms with E-state index in [9.17, 15) is 23.4 Å². The maximum absolute atomic E-state index is 14.6. The summed E-state index contributed by atoms with van der Waals surface area (Å²) in [6, 6.07) is 1.00. The van der Waals surface area contributed by atoms with Crippen LogP contribution in [0.15, 0.2) is 21.9 Å². The number of halogens is 1. The van der Waals surface area contributed by atoms with Crippen molar-refractivity contribution in [3.05, 3.63) is 33.1 Å². The van der Waals surface area contributed by atoms with Crippen molar-refractivity contribution in [2.24, 2.45) is 0 Å². The Hall–Kier alpha value is -1.36. The third kappa shape index (κ3) is 3.94. The Morgan fingerprint density at radius 2 is 2.17 bits per heavy atom. The number of alkyl halides is 1. The van der Waals surface area contributed by atoms with Gasteiger partial charge in [-0.3, -0.25) is 18.9 Å². The number of methoxy groups -OCH3 is 1. The average molecular weight is 353 g/mol. The van der Waals surface area contributed by atoms with Gasteiger partial charge in [-0.1, -0.05) is 0 Å². The van der Waals surface area contributed by atoms with Gasteiger partial charge in [0, 0.05) is 26.5 Å². The minimum Gasteiger partial charge on any atom is -0.756 e. The summed E-state index contributed by atoms with van der Waals surface area (Å²) in [6.07, 6.45) is -5.13. The van der Waals surface area contributed by atoms with Crippen LogP contribution in [0.3, 0.4) is 0 Å². The third-order valence-corrected chi connectivity index (χ3v) is 4.15. The number of phosphoric acid groups is 1. The molecule has 1 N–H and O–H groups in total. The summed E-state index contributed by atoms with van der Waals surface area (Å²) in [5, 5.41) is 0. The van der Waals surface area contributed by atoms with Gasteiger partial charge in [0.05, 0.1) is 6.61 Å². The molecule has 12 heteroatoms. The van der Waals surface area contributed by atoms with Crippen molar-refractivity contribution in [3.63, 3.8) is 0 Å². The highest BCUT2D eigenvalue weighted by molar-refractivity contribution is 7.45. The molecule has 0 radical (unpaired) electrons. The molecule has 0 bridgehead atoms. The molecule has 0 amide bonds. The quantitative estimate of drug-likeness (QED) is 0.639. The molecule has 10 nitrogen and oxygen atoms in total. The fourth-order valence-electron chi connectivity index (χ4n) is 2.16. The molecule has 1 aromatic rings. The monoisotopic (exact) mass is 353 g/mol. The minimum absolute atomic E-state index is 0.177. The largest absolute Gasteiger partial charge is 0.756 e. The Bertz CT molecular complexity index is 706. The molecule has 1 aliphatic rings. The molecule has 0 aliphatic carbocycles. The van der Waals surface area contributed by atoms with Gasteiger partial charge in [-0.15, -0.1) is 0 Å². The fourth-order valence-corrected chi connectivity index (χ4v) is 2.80. The van der Waals surface area contributed by atoms with Crippen LogP contribution in [-0.4, -0.2) is 48.8 Å². The predicted molar refractivity (Wildman–Crippen MR) is 71.5 cm³/mol. The summed E-state index contributed by atoms with van der Waals surface area (Å²) in [4.78, 5) is 36.1. The standard InChI is InChI=1S/C11H16FN2O8P/c1-19-5-6-9(22-23(17,18)20-2)8(12)10(21-6)14-4-3-7(15)13-11(14)16/h3-4,6,8-10H,5H2,1-2H3,(H,17,18)(H,13,15,16)/p-1/t6-,8+,9?,10-/m1/s1. The van der Waals surface area contributed by atoms with E-state index in [1.165, 1.54) is 7.11 Å². The zero-order chi connectivity index (χ0) is 17.2. The first kappa shape index (κ1) is 18.0. The van der Waals surface area contributed by atoms with Gasteiger partial charge in [-0.25, -0.2) is 9.18 Å². The maximum atomic E-state index is 14.6. The topological polar surface area (TPSA) is 132 Å². The van der Waals surface area contributed by atoms with E-state index in [0.29, 0.717) is 0 Å². The fraction of sp³-hybridized carbons (Fsp3) is 0.636. The molecule has 2 unspecified atom stereocenters. The van der Waals surface area contributed by atoms with Gasteiger partial charge in [0.2, 0.25) is 0 Å². The molecular weight excluding hydrogens is 338 g/mol. The van der Waals surface area contributed by atoms with Gasteiger partial charge in [-0.05, 0) is 0 Å². The average Bonchev–Trinajstić information content (AvgIpc) is 2.77. The summed E-state index contributed by atoms with van der Waals surface area (Å²) >= 11 is 0. The number of aromatic nitrogens is 2. The Kier molecular flexibility index (Phi) is 5.50. The van der Waals surface area contributed by atoms with Crippen molar-refractivity contribution in [2.75, 3.05) is 20.8 Å². The van der Waals surface area contributed by atoms with Gasteiger partial charge in [0.15, 0.2) is 12.4 Å². The second kappa shape index (κ2) is 7.04. The number of aromatic amines is 1. The van der Waals surface area contributed by atoms with Gasteiger partial charge in [0.1, 0.15) is 12.2 Å². The van der Waals surface area contributed by atoms with Gasteiger partial charge in [0.25, 0.3) is 13.4 Å². The lowest BCUT2D eigenvalue weighted by molar-refractivity contribution is -0.230. The predicted octanol–water partition coefficient (Wildman–Crippen LogP) is -1.08. The van der Waals surface area contributed by atoms with Crippen molar-refractivity contribution in [1.82, 2.24) is 9.55 Å². The number of phosphoric ester groups is 1. The molecule has 0 saturated carbocycles. The van der Waals surface area contributed by atoms with E-state index >= 15 is 0 Å². The number of ether oxygens (including phenoxy) is 2. The summed E-state index contributed by atoms with van der Waals surface area (Å²) in [7, 11) is -2.56. The first-order chi connectivity index (χ1) is 10.8. The molecule has 1 aromatic heterocycles. The van der Waals surface area contributed by atoms with Crippen LogP contribution in [0.5, 0.6) is 0 Å². The van der Waals surface area contributed by atoms with E-state index in [1.54, 1.807) is 0 Å². The van der Waals surface area contributed by atoms with E-state index in [1.807, 2.05) is 4.98 Å². The van der Waals surface area contributed by atoms with Crippen molar-refractivity contribution in [2.45, 2.75) is 24.6 Å². The summed E-state index contributed by atoms with van der Waals surface area (Å²) in [5.74, 6) is 0. The SMILES string of the molecule is COC[C@H]1O[C@@H](n2ccc(=O)[nH]c2=O)[C@@H](F)C1OP(=O)([O-])OC. The minimum atomic E-state index is -4.73. The van der Waals surface area contributed by atoms with Gasteiger partial charge in [-0.2, -0.15) is 0 Å². The van der Waals surface area contributed by atoms with Crippen LogP contribution in [0.25, 0.3) is 0 Å². The summed E-state index contributed by atoms with van der Waals surface area (Å²) in [5.41, 5.74) is -1.57. The first-order valence-electron chi connectivity index (χ1n) is 6.44. The second-order valence-corrected chi connectivity index (χ2v) is 6.15. The van der Waals surface area contributed by atoms with Gasteiger partial charge >= 0.3 is 5.69 Å². The molecule has 1 aliphatic heterocycles. The van der Waals surface area contributed by atoms with Crippen LogP contribution in [0, 0.1) is 0 Å². The molecule has 130 valence electrons. The maximum Gasteiger partial charge on any atom is 0.330 e. The van der Waals surface area contributed by atoms with Crippen molar-refractivity contribution in [1.29, 1.82) is 0 Å². The summed E-state index contributed by atoms with van der Waals surface area (Å²) in [6.45, 7) is -0.177. The van der Waals surface area contributed by atoms with Crippen LogP contribution in [-0.2, 0) is 23.1 Å². The Morgan fingerprint density at radius 1 is 1.48 bits per heavy atom. The molecule has 0 spiro atoms. The van der Waals surface area contributed by atoms with E-state index < -0.39 is 43.7 Å². The smallest absolute Gasteiger partial charge is 0.330 e. The zero-order valence-corrected chi connectivity index (χ0v) is 13.1. The van der Waals surface area contributed by atoms with Crippen molar-refractivity contribution in [3.8, 4) is 0 Å². The Morgan fingerprint density at radius 3 is 2.74 bits per heavy atom. The lowest BCUT2D eigenvalue weighted by Gasteiger charge is -2.27. The number of nitrogens with one attached hydrogen (secondary N) is 1. The van der Waals surface area contributed by atoms with Crippen LogP contribution >= 0.6 is 7.82 Å². The molecule has 2 rings (SSSR count). The van der Waals surface area contributed by atoms with E-state index in [4.69, 9.17) is 9.47 Å². The van der Waals surface area contributed by atoms with E-state index in [-0.39, 0.29) is 6.61 Å². The number of rotatable bonds is 6. The highest BCUT2D eigenvalue weighted by Gasteiger charge is 2.48. The van der Waals surface area contributed by atoms with Crippen LogP contribution < -0.4 is 16.1 Å². The molecular formula is C11H15FN2O8P-. The molecule has 0 aromatic carbocycles. The lowest BCUT2D eigenvalue weighted by Crippen LogP contribution is -2.37. The van der Waals surface area contributed by atoms with Crippen molar-refractivity contribution < 1.29 is 32.4 Å². The van der Waals surface area contributed by atoms with Crippen LogP contribution in [0.4, 0.5) is 4.39 Å². The first-order valence-corrected chi connectivity index (χ1v) is 7.90. The Labute approximate surface area is 129 Å². The second-order valence-electron chi connectivity index (χ2n) is 4.68. The zero-order valence-electron chi connectivity index (χ0n) is 12.2. The lowest BCUT2D eigenvalue weighted by atomic mass is 10.1. The van der Waals surface area contributed by atoms with Crippen LogP contribution in [0.1, 0.15) is 6.23 Å². The normalized spacial score (nSPS) is 30.3. The molecule has 1 saturated heterocycles. The molecule has 1 fully saturated rings. The van der Waals surface area contributed by atoms with Crippen molar-refractivity contribution >= 4 is 7.82 Å². The number of hydrogen-bond donors (Lipinski definition) is 1.